The molecular weight excluding hydrogens is 258 g/mol. The van der Waals surface area contributed by atoms with E-state index in [1.54, 1.807) is 12.1 Å². The summed E-state index contributed by atoms with van der Waals surface area (Å²) in [6.07, 6.45) is 1.14. The number of carboxylic acid groups (broad SMARTS) is 1. The summed E-state index contributed by atoms with van der Waals surface area (Å²) >= 11 is 0. The van der Waals surface area contributed by atoms with E-state index in [4.69, 9.17) is 5.11 Å². The Kier molecular flexibility index (Phi) is 4.74. The number of amides is 1. The Morgan fingerprint density at radius 2 is 1.85 bits per heavy atom. The van der Waals surface area contributed by atoms with Gasteiger partial charge in [0.1, 0.15) is 0 Å². The van der Waals surface area contributed by atoms with E-state index >= 15 is 0 Å². The largest absolute Gasteiger partial charge is 0.481 e. The third-order valence-corrected chi connectivity index (χ3v) is 3.82. The first-order valence-corrected chi connectivity index (χ1v) is 6.83. The Morgan fingerprint density at radius 1 is 1.20 bits per heavy atom. The molecular formula is C15H19NO4. The fourth-order valence-corrected chi connectivity index (χ4v) is 2.69. The summed E-state index contributed by atoms with van der Waals surface area (Å²) in [6, 6.07) is 9.05. The van der Waals surface area contributed by atoms with Crippen molar-refractivity contribution in [2.24, 2.45) is 11.8 Å². The summed E-state index contributed by atoms with van der Waals surface area (Å²) < 4.78 is 0. The maximum Gasteiger partial charge on any atom is 0.307 e. The minimum Gasteiger partial charge on any atom is -0.481 e. The molecule has 3 N–H and O–H groups in total. The first-order chi connectivity index (χ1) is 9.59. The van der Waals surface area contributed by atoms with Crippen LogP contribution in [0.3, 0.4) is 0 Å². The number of carbonyl (C=O) groups excluding carboxylic acids is 1. The van der Waals surface area contributed by atoms with Crippen molar-refractivity contribution in [2.75, 3.05) is 6.54 Å². The van der Waals surface area contributed by atoms with Crippen molar-refractivity contribution in [1.29, 1.82) is 0 Å². The molecule has 3 unspecified atom stereocenters. The Labute approximate surface area is 117 Å². The van der Waals surface area contributed by atoms with Crippen molar-refractivity contribution in [3.8, 4) is 0 Å². The third kappa shape index (κ3) is 3.36. The minimum atomic E-state index is -0.911. The van der Waals surface area contributed by atoms with E-state index in [0.717, 1.165) is 12.0 Å². The van der Waals surface area contributed by atoms with Crippen LogP contribution in [0.4, 0.5) is 0 Å². The lowest BCUT2D eigenvalue weighted by Gasteiger charge is -2.17. The van der Waals surface area contributed by atoms with Gasteiger partial charge in [-0.25, -0.2) is 0 Å². The number of aliphatic hydroxyl groups is 1. The van der Waals surface area contributed by atoms with Gasteiger partial charge in [-0.2, -0.15) is 0 Å². The molecule has 1 aromatic rings. The molecule has 1 aliphatic carbocycles. The molecule has 0 bridgehead atoms. The van der Waals surface area contributed by atoms with Crippen LogP contribution in [0.25, 0.3) is 0 Å². The Balaban J connectivity index is 1.87. The number of carboxylic acids is 1. The maximum absolute atomic E-state index is 12.0. The standard InChI is InChI=1S/C15H19NO4/c17-13(10-5-2-1-3-6-10)9-16-14(18)11-7-4-8-12(11)15(19)20/h1-3,5-6,11-13,17H,4,7-9H2,(H,16,18)(H,19,20). The van der Waals surface area contributed by atoms with Gasteiger partial charge in [0.25, 0.3) is 0 Å². The van der Waals surface area contributed by atoms with Crippen LogP contribution in [0.1, 0.15) is 30.9 Å². The highest BCUT2D eigenvalue weighted by Crippen LogP contribution is 2.32. The van der Waals surface area contributed by atoms with E-state index in [-0.39, 0.29) is 12.5 Å². The van der Waals surface area contributed by atoms with Gasteiger partial charge in [-0.05, 0) is 18.4 Å². The second-order valence-electron chi connectivity index (χ2n) is 5.15. The lowest BCUT2D eigenvalue weighted by molar-refractivity contribution is -0.146. The fourth-order valence-electron chi connectivity index (χ4n) is 2.69. The topological polar surface area (TPSA) is 86.6 Å². The average Bonchev–Trinajstić information content (AvgIpc) is 2.95. The smallest absolute Gasteiger partial charge is 0.307 e. The molecule has 1 fully saturated rings. The van der Waals surface area contributed by atoms with Crippen LogP contribution in [0.15, 0.2) is 30.3 Å². The number of nitrogens with one attached hydrogen (secondary N) is 1. The number of carbonyl (C=O) groups is 2. The molecule has 3 atom stereocenters. The van der Waals surface area contributed by atoms with Gasteiger partial charge in [-0.3, -0.25) is 9.59 Å². The van der Waals surface area contributed by atoms with Gasteiger partial charge in [0.05, 0.1) is 17.9 Å². The molecule has 0 heterocycles. The zero-order valence-corrected chi connectivity index (χ0v) is 11.2. The van der Waals surface area contributed by atoms with Crippen molar-refractivity contribution in [2.45, 2.75) is 25.4 Å². The van der Waals surface area contributed by atoms with Gasteiger partial charge >= 0.3 is 5.97 Å². The van der Waals surface area contributed by atoms with E-state index < -0.39 is 23.9 Å². The van der Waals surface area contributed by atoms with Crippen LogP contribution < -0.4 is 5.32 Å². The van der Waals surface area contributed by atoms with E-state index in [0.29, 0.717) is 12.8 Å². The molecule has 0 aliphatic heterocycles. The SMILES string of the molecule is O=C(O)C1CCCC1C(=O)NCC(O)c1ccccc1. The molecule has 1 saturated carbocycles. The number of aliphatic hydroxyl groups excluding tert-OH is 1. The highest BCUT2D eigenvalue weighted by molar-refractivity contribution is 5.85. The normalized spacial score (nSPS) is 23.2. The molecule has 0 saturated heterocycles. The summed E-state index contributed by atoms with van der Waals surface area (Å²) in [5.74, 6) is -2.25. The van der Waals surface area contributed by atoms with Crippen molar-refractivity contribution in [3.63, 3.8) is 0 Å². The number of rotatable bonds is 5. The van der Waals surface area contributed by atoms with Crippen molar-refractivity contribution < 1.29 is 19.8 Å². The molecule has 1 aromatic carbocycles. The molecule has 108 valence electrons. The molecule has 1 amide bonds. The van der Waals surface area contributed by atoms with Gasteiger partial charge in [-0.1, -0.05) is 36.8 Å². The first-order valence-electron chi connectivity index (χ1n) is 6.83. The van der Waals surface area contributed by atoms with E-state index in [1.807, 2.05) is 18.2 Å². The fraction of sp³-hybridized carbons (Fsp3) is 0.467. The number of aliphatic carboxylic acids is 1. The molecule has 0 aromatic heterocycles. The van der Waals surface area contributed by atoms with Gasteiger partial charge in [-0.15, -0.1) is 0 Å². The summed E-state index contributed by atoms with van der Waals surface area (Å²) in [7, 11) is 0. The van der Waals surface area contributed by atoms with Gasteiger partial charge < -0.3 is 15.5 Å². The summed E-state index contributed by atoms with van der Waals surface area (Å²) in [6.45, 7) is 0.103. The van der Waals surface area contributed by atoms with Gasteiger partial charge in [0.15, 0.2) is 0 Å². The average molecular weight is 277 g/mol. The molecule has 20 heavy (non-hydrogen) atoms. The summed E-state index contributed by atoms with van der Waals surface area (Å²) in [5.41, 5.74) is 0.731. The monoisotopic (exact) mass is 277 g/mol. The predicted octanol–water partition coefficient (Wildman–Crippen LogP) is 1.34. The van der Waals surface area contributed by atoms with Crippen LogP contribution in [-0.2, 0) is 9.59 Å². The highest BCUT2D eigenvalue weighted by atomic mass is 16.4. The zero-order chi connectivity index (χ0) is 14.5. The van der Waals surface area contributed by atoms with Crippen LogP contribution in [0.2, 0.25) is 0 Å². The lowest BCUT2D eigenvalue weighted by Crippen LogP contribution is -2.37. The zero-order valence-electron chi connectivity index (χ0n) is 11.2. The second-order valence-corrected chi connectivity index (χ2v) is 5.15. The maximum atomic E-state index is 12.0. The summed E-state index contributed by atoms with van der Waals surface area (Å²) in [5, 5.41) is 21.7. The van der Waals surface area contributed by atoms with Crippen molar-refractivity contribution in [1.82, 2.24) is 5.32 Å². The molecule has 5 heteroatoms. The predicted molar refractivity (Wildman–Crippen MR) is 72.9 cm³/mol. The van der Waals surface area contributed by atoms with E-state index in [1.165, 1.54) is 0 Å². The molecule has 1 aliphatic rings. The Hall–Kier alpha value is -1.88. The molecule has 2 rings (SSSR count). The minimum absolute atomic E-state index is 0.103. The Bertz CT molecular complexity index is 474. The summed E-state index contributed by atoms with van der Waals surface area (Å²) in [4.78, 5) is 23.1. The lowest BCUT2D eigenvalue weighted by atomic mass is 9.95. The van der Waals surface area contributed by atoms with Crippen molar-refractivity contribution >= 4 is 11.9 Å². The van der Waals surface area contributed by atoms with Gasteiger partial charge in [0, 0.05) is 6.54 Å². The quantitative estimate of drug-likeness (QED) is 0.758. The van der Waals surface area contributed by atoms with Crippen LogP contribution >= 0.6 is 0 Å². The Morgan fingerprint density at radius 3 is 2.50 bits per heavy atom. The second kappa shape index (κ2) is 6.52. The number of hydrogen-bond acceptors (Lipinski definition) is 3. The number of hydrogen-bond donors (Lipinski definition) is 3. The first kappa shape index (κ1) is 14.5. The van der Waals surface area contributed by atoms with Crippen LogP contribution in [0, 0.1) is 11.8 Å². The molecule has 5 nitrogen and oxygen atoms in total. The van der Waals surface area contributed by atoms with Crippen LogP contribution in [-0.4, -0.2) is 28.6 Å². The molecule has 0 spiro atoms. The van der Waals surface area contributed by atoms with Crippen molar-refractivity contribution in [3.05, 3.63) is 35.9 Å². The molecule has 0 radical (unpaired) electrons. The highest BCUT2D eigenvalue weighted by Gasteiger charge is 2.37. The van der Waals surface area contributed by atoms with Gasteiger partial charge in [0.2, 0.25) is 5.91 Å². The van der Waals surface area contributed by atoms with Crippen LogP contribution in [0.5, 0.6) is 0 Å². The van der Waals surface area contributed by atoms with E-state index in [2.05, 4.69) is 5.32 Å². The third-order valence-electron chi connectivity index (χ3n) is 3.82. The number of benzene rings is 1. The van der Waals surface area contributed by atoms with E-state index in [9.17, 15) is 14.7 Å².